The summed E-state index contributed by atoms with van der Waals surface area (Å²) in [6.07, 6.45) is 8.39. The molecule has 5 nitrogen and oxygen atoms in total. The van der Waals surface area contributed by atoms with Gasteiger partial charge >= 0.3 is 0 Å². The van der Waals surface area contributed by atoms with E-state index in [1.807, 2.05) is 71.6 Å². The van der Waals surface area contributed by atoms with Gasteiger partial charge in [-0.25, -0.2) is 4.68 Å². The number of para-hydroxylation sites is 1. The van der Waals surface area contributed by atoms with Gasteiger partial charge in [0.1, 0.15) is 16.7 Å². The van der Waals surface area contributed by atoms with Gasteiger partial charge in [-0.2, -0.15) is 5.10 Å². The lowest BCUT2D eigenvalue weighted by molar-refractivity contribution is -0.122. The third kappa shape index (κ3) is 7.05. The third-order valence-corrected chi connectivity index (χ3v) is 9.69. The van der Waals surface area contributed by atoms with E-state index in [4.69, 9.17) is 22.1 Å². The number of fused-ring (bicyclic) bond motifs is 1. The Morgan fingerprint density at radius 3 is 2.47 bits per heavy atom. The lowest BCUT2D eigenvalue weighted by Gasteiger charge is -2.21. The molecule has 4 aromatic carbocycles. The number of aromatic nitrogens is 2. The lowest BCUT2D eigenvalue weighted by Crippen LogP contribution is -2.33. The Bertz CT molecular complexity index is 1820. The van der Waals surface area contributed by atoms with Gasteiger partial charge in [-0.1, -0.05) is 118 Å². The molecular weight excluding hydrogens is 595 g/mol. The van der Waals surface area contributed by atoms with E-state index in [2.05, 4.69) is 56.3 Å². The second-order valence-electron chi connectivity index (χ2n) is 11.4. The number of thioether (sulfide) groups is 1. The molecule has 2 heterocycles. The Morgan fingerprint density at radius 2 is 1.69 bits per heavy atom. The Kier molecular flexibility index (Phi) is 9.77. The number of benzene rings is 4. The fourth-order valence-electron chi connectivity index (χ4n) is 5.69. The maximum atomic E-state index is 13.6. The molecule has 1 amide bonds. The van der Waals surface area contributed by atoms with Crippen molar-refractivity contribution in [3.63, 3.8) is 0 Å². The van der Waals surface area contributed by atoms with Crippen LogP contribution in [0.2, 0.25) is 0 Å². The van der Waals surface area contributed by atoms with Crippen molar-refractivity contribution < 1.29 is 9.53 Å². The van der Waals surface area contributed by atoms with Crippen LogP contribution in [0.4, 0.5) is 0 Å². The first-order chi connectivity index (χ1) is 22.0. The predicted octanol–water partition coefficient (Wildman–Crippen LogP) is 9.69. The molecular formula is C38H37N3O2S2. The molecule has 0 bridgehead atoms. The topological polar surface area (TPSA) is 47.4 Å². The van der Waals surface area contributed by atoms with E-state index in [1.165, 1.54) is 22.5 Å². The molecule has 1 aliphatic rings. The summed E-state index contributed by atoms with van der Waals surface area (Å²) in [7, 11) is 0. The van der Waals surface area contributed by atoms with Crippen molar-refractivity contribution in [2.45, 2.75) is 46.1 Å². The standard InChI is InChI=1S/C38H37N3O2S2/c1-3-5-12-27(4-2)24-40-37(42)35(45-38(40)44)23-31-25-41(32-16-7-6-8-17-32)39-36(31)29-19-21-33(22-20-29)43-26-30-15-11-14-28-13-9-10-18-34(28)30/h6-11,13-23,25,27H,3-5,12,24,26H2,1-2H3/b35-23+/t27-/m1/s1. The van der Waals surface area contributed by atoms with Gasteiger partial charge in [0.25, 0.3) is 5.91 Å². The minimum absolute atomic E-state index is 0.0180. The molecule has 1 atom stereocenters. The summed E-state index contributed by atoms with van der Waals surface area (Å²) in [6.45, 7) is 5.55. The molecule has 1 fully saturated rings. The Balaban J connectivity index is 1.26. The molecule has 1 aromatic heterocycles. The number of carbonyl (C=O) groups excluding carboxylic acids is 1. The molecule has 45 heavy (non-hydrogen) atoms. The summed E-state index contributed by atoms with van der Waals surface area (Å²) in [6, 6.07) is 32.7. The van der Waals surface area contributed by atoms with Gasteiger partial charge in [0.2, 0.25) is 0 Å². The zero-order chi connectivity index (χ0) is 31.2. The molecule has 0 unspecified atom stereocenters. The van der Waals surface area contributed by atoms with Crippen LogP contribution in [-0.2, 0) is 11.4 Å². The van der Waals surface area contributed by atoms with Crippen molar-refractivity contribution in [2.75, 3.05) is 6.54 Å². The van der Waals surface area contributed by atoms with Gasteiger partial charge in [0.05, 0.1) is 16.3 Å². The van der Waals surface area contributed by atoms with Crippen LogP contribution in [0.3, 0.4) is 0 Å². The number of thiocarbonyl (C=S) groups is 1. The molecule has 0 N–H and O–H groups in total. The molecule has 1 saturated heterocycles. The average molecular weight is 632 g/mol. The van der Waals surface area contributed by atoms with Crippen LogP contribution in [0.15, 0.2) is 108 Å². The maximum Gasteiger partial charge on any atom is 0.266 e. The van der Waals surface area contributed by atoms with E-state index in [-0.39, 0.29) is 5.91 Å². The SMILES string of the molecule is CCCC[C@@H](CC)CN1C(=O)/C(=C\c2cn(-c3ccccc3)nc2-c2ccc(OCc3cccc4ccccc34)cc2)SC1=S. The fraction of sp³-hybridized carbons (Fsp3) is 0.237. The molecule has 0 saturated carbocycles. The van der Waals surface area contributed by atoms with Crippen molar-refractivity contribution in [2.24, 2.45) is 5.92 Å². The highest BCUT2D eigenvalue weighted by Crippen LogP contribution is 2.36. The molecule has 0 radical (unpaired) electrons. The average Bonchev–Trinajstić information content (AvgIpc) is 3.62. The van der Waals surface area contributed by atoms with Crippen LogP contribution in [0, 0.1) is 5.92 Å². The van der Waals surface area contributed by atoms with Crippen molar-refractivity contribution >= 4 is 51.1 Å². The van der Waals surface area contributed by atoms with Crippen LogP contribution in [0.5, 0.6) is 5.75 Å². The normalized spacial score (nSPS) is 14.9. The van der Waals surface area contributed by atoms with E-state index in [1.54, 1.807) is 4.90 Å². The summed E-state index contributed by atoms with van der Waals surface area (Å²) >= 11 is 7.07. The Hall–Kier alpha value is -4.20. The quantitative estimate of drug-likeness (QED) is 0.101. The highest BCUT2D eigenvalue weighted by atomic mass is 32.2. The van der Waals surface area contributed by atoms with E-state index >= 15 is 0 Å². The summed E-state index contributed by atoms with van der Waals surface area (Å²) in [4.78, 5) is 16.0. The van der Waals surface area contributed by atoms with Gasteiger partial charge in [-0.3, -0.25) is 9.69 Å². The lowest BCUT2D eigenvalue weighted by atomic mass is 9.99. The van der Waals surface area contributed by atoms with E-state index in [0.29, 0.717) is 28.3 Å². The first-order valence-electron chi connectivity index (χ1n) is 15.6. The van der Waals surface area contributed by atoms with Gasteiger partial charge < -0.3 is 4.74 Å². The molecule has 5 aromatic rings. The second kappa shape index (κ2) is 14.3. The van der Waals surface area contributed by atoms with Gasteiger partial charge in [0.15, 0.2) is 0 Å². The van der Waals surface area contributed by atoms with Gasteiger partial charge in [0, 0.05) is 23.9 Å². The second-order valence-corrected chi connectivity index (χ2v) is 13.0. The van der Waals surface area contributed by atoms with Crippen molar-refractivity contribution in [1.29, 1.82) is 0 Å². The van der Waals surface area contributed by atoms with Crippen LogP contribution >= 0.6 is 24.0 Å². The number of rotatable bonds is 12. The number of ether oxygens (including phenoxy) is 1. The van der Waals surface area contributed by atoms with Crippen molar-refractivity contribution in [3.05, 3.63) is 119 Å². The van der Waals surface area contributed by atoms with Crippen LogP contribution in [0.1, 0.15) is 50.7 Å². The summed E-state index contributed by atoms with van der Waals surface area (Å²) in [5.74, 6) is 1.21. The number of amides is 1. The number of hydrogen-bond donors (Lipinski definition) is 0. The summed E-state index contributed by atoms with van der Waals surface area (Å²) in [5, 5.41) is 7.37. The Morgan fingerprint density at radius 1 is 0.933 bits per heavy atom. The molecule has 0 spiro atoms. The Labute approximate surface area is 274 Å². The zero-order valence-electron chi connectivity index (χ0n) is 25.7. The van der Waals surface area contributed by atoms with E-state index in [9.17, 15) is 4.79 Å². The van der Waals surface area contributed by atoms with Crippen LogP contribution < -0.4 is 4.74 Å². The monoisotopic (exact) mass is 631 g/mol. The smallest absolute Gasteiger partial charge is 0.266 e. The first kappa shape index (κ1) is 30.8. The van der Waals surface area contributed by atoms with Crippen molar-refractivity contribution in [3.8, 4) is 22.7 Å². The van der Waals surface area contributed by atoms with Crippen LogP contribution in [-0.4, -0.2) is 31.5 Å². The largest absolute Gasteiger partial charge is 0.489 e. The predicted molar refractivity (Wildman–Crippen MR) is 190 cm³/mol. The minimum atomic E-state index is -0.0180. The van der Waals surface area contributed by atoms with Gasteiger partial charge in [-0.05, 0) is 71.1 Å². The number of carbonyl (C=O) groups is 1. The number of nitrogens with zero attached hydrogens (tertiary/aromatic N) is 3. The highest BCUT2D eigenvalue weighted by molar-refractivity contribution is 8.26. The van der Waals surface area contributed by atoms with Crippen LogP contribution in [0.25, 0.3) is 33.8 Å². The van der Waals surface area contributed by atoms with E-state index < -0.39 is 0 Å². The number of unbranched alkanes of at least 4 members (excludes halogenated alkanes) is 1. The third-order valence-electron chi connectivity index (χ3n) is 8.31. The number of hydrogen-bond acceptors (Lipinski definition) is 5. The fourth-order valence-corrected chi connectivity index (χ4v) is 6.96. The first-order valence-corrected chi connectivity index (χ1v) is 16.9. The minimum Gasteiger partial charge on any atom is -0.489 e. The molecule has 6 rings (SSSR count). The van der Waals surface area contributed by atoms with Gasteiger partial charge in [-0.15, -0.1) is 0 Å². The van der Waals surface area contributed by atoms with E-state index in [0.717, 1.165) is 59.5 Å². The molecule has 7 heteroatoms. The molecule has 1 aliphatic heterocycles. The summed E-state index contributed by atoms with van der Waals surface area (Å²) < 4.78 is 8.70. The maximum absolute atomic E-state index is 13.6. The highest BCUT2D eigenvalue weighted by Gasteiger charge is 2.33. The van der Waals surface area contributed by atoms with Crippen molar-refractivity contribution in [1.82, 2.24) is 14.7 Å². The summed E-state index contributed by atoms with van der Waals surface area (Å²) in [5.41, 5.74) is 4.69. The molecule has 228 valence electrons. The zero-order valence-corrected chi connectivity index (χ0v) is 27.3. The molecule has 0 aliphatic carbocycles.